The van der Waals surface area contributed by atoms with E-state index in [2.05, 4.69) is 10.2 Å². The number of aryl methyl sites for hydroxylation is 1. The van der Waals surface area contributed by atoms with Crippen molar-refractivity contribution in [3.05, 3.63) is 66.1 Å². The van der Waals surface area contributed by atoms with Gasteiger partial charge < -0.3 is 13.9 Å². The van der Waals surface area contributed by atoms with Gasteiger partial charge in [0.15, 0.2) is 12.7 Å². The maximum atomic E-state index is 12.0. The summed E-state index contributed by atoms with van der Waals surface area (Å²) < 4.78 is 16.3. The van der Waals surface area contributed by atoms with E-state index in [0.29, 0.717) is 11.6 Å². The summed E-state index contributed by atoms with van der Waals surface area (Å²) in [5, 5.41) is 7.83. The smallest absolute Gasteiger partial charge is 0.347 e. The molecule has 0 saturated carbocycles. The van der Waals surface area contributed by atoms with Crippen molar-refractivity contribution in [2.24, 2.45) is 0 Å². The highest BCUT2D eigenvalue weighted by Gasteiger charge is 2.18. The molecule has 6 nitrogen and oxygen atoms in total. The Bertz CT molecular complexity index is 845. The highest BCUT2D eigenvalue weighted by Crippen LogP contribution is 2.18. The fourth-order valence-corrected chi connectivity index (χ4v) is 2.20. The van der Waals surface area contributed by atoms with Crippen LogP contribution in [-0.2, 0) is 16.1 Å². The maximum absolute atomic E-state index is 12.0. The largest absolute Gasteiger partial charge is 0.479 e. The predicted molar refractivity (Wildman–Crippen MR) is 90.8 cm³/mol. The van der Waals surface area contributed by atoms with Gasteiger partial charge in [0.25, 0.3) is 5.89 Å². The summed E-state index contributed by atoms with van der Waals surface area (Å²) in [5.74, 6) is 0.736. The van der Waals surface area contributed by atoms with Crippen LogP contribution in [0.5, 0.6) is 5.75 Å². The van der Waals surface area contributed by atoms with E-state index in [4.69, 9.17) is 13.9 Å². The molecular weight excluding hydrogens is 320 g/mol. The number of ether oxygens (including phenoxy) is 2. The molecule has 0 N–H and O–H groups in total. The second-order valence-electron chi connectivity index (χ2n) is 5.55. The third-order valence-corrected chi connectivity index (χ3v) is 3.46. The van der Waals surface area contributed by atoms with Crippen LogP contribution in [0.15, 0.2) is 59.0 Å². The van der Waals surface area contributed by atoms with Crippen LogP contribution >= 0.6 is 0 Å². The minimum atomic E-state index is -0.738. The predicted octanol–water partition coefficient (Wildman–Crippen LogP) is 3.56. The van der Waals surface area contributed by atoms with Crippen molar-refractivity contribution < 1.29 is 18.7 Å². The molecule has 0 radical (unpaired) electrons. The number of carbonyl (C=O) groups is 1. The lowest BCUT2D eigenvalue weighted by Crippen LogP contribution is -2.26. The average Bonchev–Trinajstić information content (AvgIpc) is 3.09. The molecule has 0 amide bonds. The first-order chi connectivity index (χ1) is 12.1. The Morgan fingerprint density at radius 2 is 1.92 bits per heavy atom. The summed E-state index contributed by atoms with van der Waals surface area (Å²) in [6.07, 6.45) is -0.738. The minimum absolute atomic E-state index is 0.0970. The second kappa shape index (κ2) is 7.61. The summed E-state index contributed by atoms with van der Waals surface area (Å²) in [5.41, 5.74) is 1.86. The van der Waals surface area contributed by atoms with E-state index in [9.17, 15) is 4.79 Å². The van der Waals surface area contributed by atoms with Gasteiger partial charge in [-0.3, -0.25) is 0 Å². The van der Waals surface area contributed by atoms with Gasteiger partial charge in [-0.2, -0.15) is 0 Å². The molecule has 128 valence electrons. The van der Waals surface area contributed by atoms with Crippen molar-refractivity contribution in [3.63, 3.8) is 0 Å². The Morgan fingerprint density at radius 1 is 1.12 bits per heavy atom. The first kappa shape index (κ1) is 16.7. The molecule has 3 rings (SSSR count). The van der Waals surface area contributed by atoms with Gasteiger partial charge in [-0.15, -0.1) is 10.2 Å². The van der Waals surface area contributed by atoms with Gasteiger partial charge in [-0.05, 0) is 43.7 Å². The van der Waals surface area contributed by atoms with E-state index in [0.717, 1.165) is 11.1 Å². The molecule has 25 heavy (non-hydrogen) atoms. The molecule has 0 spiro atoms. The van der Waals surface area contributed by atoms with Crippen LogP contribution in [0.2, 0.25) is 0 Å². The molecule has 2 aromatic carbocycles. The summed E-state index contributed by atoms with van der Waals surface area (Å²) in [6, 6.07) is 16.9. The highest BCUT2D eigenvalue weighted by atomic mass is 16.6. The van der Waals surface area contributed by atoms with Gasteiger partial charge in [0.1, 0.15) is 5.75 Å². The normalized spacial score (nSPS) is 11.8. The summed E-state index contributed by atoms with van der Waals surface area (Å²) in [7, 11) is 0. The number of hydrogen-bond acceptors (Lipinski definition) is 6. The topological polar surface area (TPSA) is 74.5 Å². The maximum Gasteiger partial charge on any atom is 0.347 e. The fraction of sp³-hybridized carbons (Fsp3) is 0.211. The SMILES string of the molecule is Cc1cccc(O[C@H](C)C(=O)OCc2nnc(-c3ccccc3)o2)c1. The molecule has 0 aliphatic heterocycles. The molecule has 0 bridgehead atoms. The molecule has 1 atom stereocenters. The van der Waals surface area contributed by atoms with Gasteiger partial charge in [0.2, 0.25) is 5.89 Å². The van der Waals surface area contributed by atoms with Crippen molar-refractivity contribution in [3.8, 4) is 17.2 Å². The first-order valence-electron chi connectivity index (χ1n) is 7.89. The van der Waals surface area contributed by atoms with Crippen LogP contribution in [0.3, 0.4) is 0 Å². The zero-order chi connectivity index (χ0) is 17.6. The molecule has 1 aromatic heterocycles. The molecule has 0 fully saturated rings. The van der Waals surface area contributed by atoms with Crippen molar-refractivity contribution in [1.29, 1.82) is 0 Å². The van der Waals surface area contributed by atoms with Gasteiger partial charge in [-0.1, -0.05) is 30.3 Å². The van der Waals surface area contributed by atoms with Crippen LogP contribution in [0.4, 0.5) is 0 Å². The molecule has 1 heterocycles. The summed E-state index contributed by atoms with van der Waals surface area (Å²) >= 11 is 0. The van der Waals surface area contributed by atoms with Crippen LogP contribution < -0.4 is 4.74 Å². The number of nitrogens with zero attached hydrogens (tertiary/aromatic N) is 2. The van der Waals surface area contributed by atoms with Gasteiger partial charge >= 0.3 is 5.97 Å². The van der Waals surface area contributed by atoms with Crippen molar-refractivity contribution >= 4 is 5.97 Å². The van der Waals surface area contributed by atoms with Gasteiger partial charge in [-0.25, -0.2) is 4.79 Å². The van der Waals surface area contributed by atoms with Gasteiger partial charge in [0, 0.05) is 5.56 Å². The Kier molecular flexibility index (Phi) is 5.09. The van der Waals surface area contributed by atoms with Crippen LogP contribution in [0, 0.1) is 6.92 Å². The van der Waals surface area contributed by atoms with Crippen LogP contribution in [0.1, 0.15) is 18.4 Å². The number of carbonyl (C=O) groups excluding carboxylic acids is 1. The first-order valence-corrected chi connectivity index (χ1v) is 7.89. The Balaban J connectivity index is 1.54. The van der Waals surface area contributed by atoms with Crippen molar-refractivity contribution in [2.75, 3.05) is 0 Å². The monoisotopic (exact) mass is 338 g/mol. The molecular formula is C19H18N2O4. The van der Waals surface area contributed by atoms with E-state index in [1.165, 1.54) is 0 Å². The third-order valence-electron chi connectivity index (χ3n) is 3.46. The summed E-state index contributed by atoms with van der Waals surface area (Å²) in [4.78, 5) is 12.0. The van der Waals surface area contributed by atoms with E-state index in [1.54, 1.807) is 13.0 Å². The second-order valence-corrected chi connectivity index (χ2v) is 5.55. The highest BCUT2D eigenvalue weighted by molar-refractivity contribution is 5.74. The van der Waals surface area contributed by atoms with Crippen LogP contribution in [-0.4, -0.2) is 22.3 Å². The summed E-state index contributed by atoms with van der Waals surface area (Å²) in [6.45, 7) is 3.49. The molecule has 0 aliphatic rings. The zero-order valence-electron chi connectivity index (χ0n) is 14.0. The van der Waals surface area contributed by atoms with Crippen molar-refractivity contribution in [1.82, 2.24) is 10.2 Å². The average molecular weight is 338 g/mol. The van der Waals surface area contributed by atoms with E-state index < -0.39 is 12.1 Å². The number of rotatable bonds is 6. The number of benzene rings is 2. The molecule has 0 aliphatic carbocycles. The standard InChI is InChI=1S/C19H18N2O4/c1-13-7-6-10-16(11-13)24-14(2)19(22)23-12-17-20-21-18(25-17)15-8-4-3-5-9-15/h3-11,14H,12H2,1-2H3/t14-/m1/s1. The lowest BCUT2D eigenvalue weighted by atomic mass is 10.2. The fourth-order valence-electron chi connectivity index (χ4n) is 2.20. The van der Waals surface area contributed by atoms with Crippen molar-refractivity contribution in [2.45, 2.75) is 26.6 Å². The Hall–Kier alpha value is -3.15. The Morgan fingerprint density at radius 3 is 2.68 bits per heavy atom. The zero-order valence-corrected chi connectivity index (χ0v) is 14.0. The van der Waals surface area contributed by atoms with Crippen LogP contribution in [0.25, 0.3) is 11.5 Å². The lowest BCUT2D eigenvalue weighted by Gasteiger charge is -2.13. The molecule has 6 heteroatoms. The lowest BCUT2D eigenvalue weighted by molar-refractivity contribution is -0.153. The third kappa shape index (κ3) is 4.44. The molecule has 0 unspecified atom stereocenters. The van der Waals surface area contributed by atoms with E-state index in [1.807, 2.05) is 55.5 Å². The minimum Gasteiger partial charge on any atom is -0.479 e. The molecule has 3 aromatic rings. The molecule has 0 saturated heterocycles. The van der Waals surface area contributed by atoms with E-state index >= 15 is 0 Å². The number of esters is 1. The Labute approximate surface area is 145 Å². The van der Waals surface area contributed by atoms with E-state index in [-0.39, 0.29) is 12.5 Å². The number of aromatic nitrogens is 2. The number of hydrogen-bond donors (Lipinski definition) is 0. The van der Waals surface area contributed by atoms with Gasteiger partial charge in [0.05, 0.1) is 0 Å². The quantitative estimate of drug-likeness (QED) is 0.640.